The maximum Gasteiger partial charge on any atom is 0.311 e. The molecule has 0 aliphatic carbocycles. The Morgan fingerprint density at radius 3 is 2.87 bits per heavy atom. The summed E-state index contributed by atoms with van der Waals surface area (Å²) in [6, 6.07) is 0.0592. The Bertz CT molecular complexity index is 969. The van der Waals surface area contributed by atoms with Gasteiger partial charge in [-0.2, -0.15) is 5.10 Å². The molecule has 1 fully saturated rings. The van der Waals surface area contributed by atoms with E-state index in [1.807, 2.05) is 20.8 Å². The third-order valence-electron chi connectivity index (χ3n) is 4.98. The summed E-state index contributed by atoms with van der Waals surface area (Å²) in [4.78, 5) is 40.1. The number of hydrogen-bond donors (Lipinski definition) is 3. The van der Waals surface area contributed by atoms with Crippen molar-refractivity contribution < 1.29 is 19.1 Å². The fraction of sp³-hybridized carbons (Fsp3) is 0.550. The summed E-state index contributed by atoms with van der Waals surface area (Å²) in [6.07, 6.45) is 0.899. The average molecular weight is 449 g/mol. The van der Waals surface area contributed by atoms with Crippen LogP contribution in [0.1, 0.15) is 55.6 Å². The SMILES string of the molecule is CCOC(=O)Cc1csc(NC(=O)CCc2c(C)nn(C3NC(=O)CC(C)N3)c2C)n1. The minimum Gasteiger partial charge on any atom is -0.466 e. The van der Waals surface area contributed by atoms with Crippen molar-refractivity contribution in [3.05, 3.63) is 28.0 Å². The molecular formula is C20H28N6O4S. The first-order valence-corrected chi connectivity index (χ1v) is 11.1. The molecule has 3 N–H and O–H groups in total. The van der Waals surface area contributed by atoms with Crippen LogP contribution in [0, 0.1) is 13.8 Å². The maximum atomic E-state index is 12.4. The van der Waals surface area contributed by atoms with Gasteiger partial charge in [0.15, 0.2) is 11.4 Å². The summed E-state index contributed by atoms with van der Waals surface area (Å²) in [7, 11) is 0. The molecule has 10 nitrogen and oxygen atoms in total. The van der Waals surface area contributed by atoms with Gasteiger partial charge in [0.25, 0.3) is 0 Å². The highest BCUT2D eigenvalue weighted by atomic mass is 32.1. The summed E-state index contributed by atoms with van der Waals surface area (Å²) >= 11 is 1.27. The molecule has 0 spiro atoms. The number of ether oxygens (including phenoxy) is 1. The Morgan fingerprint density at radius 2 is 2.16 bits per heavy atom. The first-order valence-electron chi connectivity index (χ1n) is 10.3. The molecular weight excluding hydrogens is 420 g/mol. The van der Waals surface area contributed by atoms with Crippen LogP contribution in [0.2, 0.25) is 0 Å². The lowest BCUT2D eigenvalue weighted by atomic mass is 10.1. The second-order valence-electron chi connectivity index (χ2n) is 7.51. The first-order chi connectivity index (χ1) is 14.8. The van der Waals surface area contributed by atoms with E-state index in [1.165, 1.54) is 11.3 Å². The van der Waals surface area contributed by atoms with E-state index in [0.717, 1.165) is 17.0 Å². The van der Waals surface area contributed by atoms with Crippen molar-refractivity contribution in [1.82, 2.24) is 25.4 Å². The van der Waals surface area contributed by atoms with Crippen LogP contribution in [-0.2, 0) is 32.0 Å². The lowest BCUT2D eigenvalue weighted by molar-refractivity contribution is -0.142. The summed E-state index contributed by atoms with van der Waals surface area (Å²) in [6.45, 7) is 7.86. The topological polar surface area (TPSA) is 127 Å². The van der Waals surface area contributed by atoms with Gasteiger partial charge in [-0.25, -0.2) is 9.67 Å². The van der Waals surface area contributed by atoms with Crippen molar-refractivity contribution >= 4 is 34.3 Å². The van der Waals surface area contributed by atoms with Crippen LogP contribution in [0.3, 0.4) is 0 Å². The van der Waals surface area contributed by atoms with E-state index < -0.39 is 6.29 Å². The number of esters is 1. The Morgan fingerprint density at radius 1 is 1.39 bits per heavy atom. The van der Waals surface area contributed by atoms with Gasteiger partial charge >= 0.3 is 5.97 Å². The van der Waals surface area contributed by atoms with Gasteiger partial charge in [0.2, 0.25) is 11.8 Å². The third kappa shape index (κ3) is 5.88. The Hall–Kier alpha value is -2.79. The number of nitrogens with one attached hydrogen (secondary N) is 3. The molecule has 2 aromatic rings. The zero-order chi connectivity index (χ0) is 22.5. The van der Waals surface area contributed by atoms with E-state index in [9.17, 15) is 14.4 Å². The van der Waals surface area contributed by atoms with E-state index in [4.69, 9.17) is 4.74 Å². The number of carbonyl (C=O) groups excluding carboxylic acids is 3. The zero-order valence-electron chi connectivity index (χ0n) is 18.2. The normalized spacial score (nSPS) is 18.5. The third-order valence-corrected chi connectivity index (χ3v) is 5.79. The lowest BCUT2D eigenvalue weighted by Gasteiger charge is -2.30. The van der Waals surface area contributed by atoms with Crippen molar-refractivity contribution in [3.8, 4) is 0 Å². The van der Waals surface area contributed by atoms with Gasteiger partial charge in [0.1, 0.15) is 0 Å². The van der Waals surface area contributed by atoms with Crippen molar-refractivity contribution in [1.29, 1.82) is 0 Å². The van der Waals surface area contributed by atoms with Gasteiger partial charge in [0, 0.05) is 30.0 Å². The number of carbonyl (C=O) groups is 3. The number of aryl methyl sites for hydroxylation is 1. The Balaban J connectivity index is 1.57. The number of rotatable bonds is 8. The predicted octanol–water partition coefficient (Wildman–Crippen LogP) is 1.59. The molecule has 0 bridgehead atoms. The molecule has 0 saturated carbocycles. The molecule has 0 radical (unpaired) electrons. The van der Waals surface area contributed by atoms with Crippen LogP contribution < -0.4 is 16.0 Å². The Labute approximate surface area is 184 Å². The maximum absolute atomic E-state index is 12.4. The van der Waals surface area contributed by atoms with Gasteiger partial charge in [-0.3, -0.25) is 19.7 Å². The number of amides is 2. The second-order valence-corrected chi connectivity index (χ2v) is 8.37. The van der Waals surface area contributed by atoms with Gasteiger partial charge in [0.05, 0.1) is 24.4 Å². The standard InChI is InChI=1S/C20H28N6O4S/c1-5-30-18(29)9-14-10-31-20(22-14)24-16(27)7-6-15-12(3)25-26(13(15)4)19-21-11(2)8-17(28)23-19/h10-11,19,21H,5-9H2,1-4H3,(H,23,28)(H,22,24,27). The number of aromatic nitrogens is 3. The first kappa shape index (κ1) is 22.9. The molecule has 1 aliphatic rings. The second kappa shape index (κ2) is 10.0. The molecule has 11 heteroatoms. The van der Waals surface area contributed by atoms with Crippen LogP contribution >= 0.6 is 11.3 Å². The van der Waals surface area contributed by atoms with Crippen molar-refractivity contribution in [2.75, 3.05) is 11.9 Å². The minimum absolute atomic E-state index is 0.0181. The number of hydrogen-bond acceptors (Lipinski definition) is 8. The quantitative estimate of drug-likeness (QED) is 0.523. The van der Waals surface area contributed by atoms with E-state index >= 15 is 0 Å². The average Bonchev–Trinajstić information content (AvgIpc) is 3.23. The summed E-state index contributed by atoms with van der Waals surface area (Å²) in [5.41, 5.74) is 3.28. The number of thiazole rings is 1. The van der Waals surface area contributed by atoms with Gasteiger partial charge in [-0.15, -0.1) is 11.3 Å². The molecule has 1 saturated heterocycles. The highest BCUT2D eigenvalue weighted by Gasteiger charge is 2.27. The molecule has 2 atom stereocenters. The van der Waals surface area contributed by atoms with Gasteiger partial charge in [-0.05, 0) is 39.7 Å². The van der Waals surface area contributed by atoms with E-state index in [1.54, 1.807) is 17.0 Å². The fourth-order valence-electron chi connectivity index (χ4n) is 3.53. The molecule has 2 aromatic heterocycles. The van der Waals surface area contributed by atoms with E-state index in [0.29, 0.717) is 30.3 Å². The molecule has 2 amide bonds. The van der Waals surface area contributed by atoms with Gasteiger partial charge < -0.3 is 15.4 Å². The molecule has 168 valence electrons. The lowest BCUT2D eigenvalue weighted by Crippen LogP contribution is -2.52. The summed E-state index contributed by atoms with van der Waals surface area (Å²) in [5.74, 6) is -0.525. The smallest absolute Gasteiger partial charge is 0.311 e. The molecule has 2 unspecified atom stereocenters. The fourth-order valence-corrected chi connectivity index (χ4v) is 4.25. The number of nitrogens with zero attached hydrogens (tertiary/aromatic N) is 3. The number of anilines is 1. The van der Waals surface area contributed by atoms with Crippen molar-refractivity contribution in [3.63, 3.8) is 0 Å². The summed E-state index contributed by atoms with van der Waals surface area (Å²) in [5, 5.41) is 15.7. The largest absolute Gasteiger partial charge is 0.466 e. The van der Waals surface area contributed by atoms with Crippen molar-refractivity contribution in [2.24, 2.45) is 0 Å². The van der Waals surface area contributed by atoms with E-state index in [2.05, 4.69) is 26.0 Å². The highest BCUT2D eigenvalue weighted by Crippen LogP contribution is 2.20. The highest BCUT2D eigenvalue weighted by molar-refractivity contribution is 7.13. The van der Waals surface area contributed by atoms with Crippen LogP contribution in [0.25, 0.3) is 0 Å². The van der Waals surface area contributed by atoms with Crippen molar-refractivity contribution in [2.45, 2.75) is 65.7 Å². The molecule has 31 heavy (non-hydrogen) atoms. The molecule has 3 heterocycles. The summed E-state index contributed by atoms with van der Waals surface area (Å²) < 4.78 is 6.67. The Kier molecular flexibility index (Phi) is 7.39. The minimum atomic E-state index is -0.398. The zero-order valence-corrected chi connectivity index (χ0v) is 19.0. The van der Waals surface area contributed by atoms with Gasteiger partial charge in [-0.1, -0.05) is 0 Å². The van der Waals surface area contributed by atoms with Crippen LogP contribution in [0.4, 0.5) is 5.13 Å². The molecule has 3 rings (SSSR count). The van der Waals surface area contributed by atoms with Crippen LogP contribution in [0.15, 0.2) is 5.38 Å². The monoisotopic (exact) mass is 448 g/mol. The molecule has 1 aliphatic heterocycles. The predicted molar refractivity (Wildman–Crippen MR) is 115 cm³/mol. The van der Waals surface area contributed by atoms with Crippen LogP contribution in [-0.4, -0.2) is 45.2 Å². The molecule has 0 aromatic carbocycles. The van der Waals surface area contributed by atoms with E-state index in [-0.39, 0.29) is 36.7 Å². The van der Waals surface area contributed by atoms with Crippen LogP contribution in [0.5, 0.6) is 0 Å².